The van der Waals surface area contributed by atoms with E-state index in [0.29, 0.717) is 0 Å². The van der Waals surface area contributed by atoms with Crippen molar-refractivity contribution in [3.63, 3.8) is 0 Å². The lowest BCUT2D eigenvalue weighted by molar-refractivity contribution is -0.142. The Bertz CT molecular complexity index is 242. The Morgan fingerprint density at radius 2 is 2.43 bits per heavy atom. The molecule has 3 nitrogen and oxygen atoms in total. The molecule has 0 aromatic carbocycles. The van der Waals surface area contributed by atoms with Gasteiger partial charge in [0, 0.05) is 11.3 Å². The highest BCUT2D eigenvalue weighted by molar-refractivity contribution is 8.00. The Morgan fingerprint density at radius 3 is 3.00 bits per heavy atom. The Labute approximate surface area is 88.9 Å². The van der Waals surface area contributed by atoms with Crippen molar-refractivity contribution in [2.75, 3.05) is 25.9 Å². The van der Waals surface area contributed by atoms with Gasteiger partial charge in [-0.25, -0.2) is 0 Å². The molecular formula is C10H17NO2S. The van der Waals surface area contributed by atoms with Crippen molar-refractivity contribution < 1.29 is 9.90 Å². The van der Waals surface area contributed by atoms with E-state index >= 15 is 0 Å². The van der Waals surface area contributed by atoms with E-state index in [1.54, 1.807) is 0 Å². The van der Waals surface area contributed by atoms with Crippen molar-refractivity contribution in [2.24, 2.45) is 5.92 Å². The van der Waals surface area contributed by atoms with Crippen molar-refractivity contribution >= 4 is 17.7 Å². The molecule has 2 atom stereocenters. The molecule has 0 aromatic heterocycles. The smallest absolute Gasteiger partial charge is 0.306 e. The van der Waals surface area contributed by atoms with Gasteiger partial charge in [0.1, 0.15) is 0 Å². The van der Waals surface area contributed by atoms with Crippen LogP contribution in [0.3, 0.4) is 0 Å². The van der Waals surface area contributed by atoms with E-state index in [1.807, 2.05) is 11.8 Å². The zero-order valence-electron chi connectivity index (χ0n) is 8.53. The van der Waals surface area contributed by atoms with Gasteiger partial charge in [0.25, 0.3) is 0 Å². The predicted octanol–water partition coefficient (Wildman–Crippen LogP) is 1.29. The maximum atomic E-state index is 11.0. The van der Waals surface area contributed by atoms with E-state index in [2.05, 4.69) is 11.9 Å². The third-order valence-corrected chi connectivity index (χ3v) is 4.90. The third kappa shape index (κ3) is 1.91. The van der Waals surface area contributed by atoms with Gasteiger partial charge in [0.15, 0.2) is 0 Å². The molecule has 0 aliphatic carbocycles. The van der Waals surface area contributed by atoms with Crippen molar-refractivity contribution in [3.8, 4) is 0 Å². The number of carboxylic acid groups (broad SMARTS) is 1. The summed E-state index contributed by atoms with van der Waals surface area (Å²) in [6, 6.07) is 0. The van der Waals surface area contributed by atoms with Gasteiger partial charge in [-0.05, 0) is 38.6 Å². The number of carbonyl (C=O) groups is 1. The molecule has 14 heavy (non-hydrogen) atoms. The lowest BCUT2D eigenvalue weighted by Gasteiger charge is -2.35. The molecule has 2 unspecified atom stereocenters. The van der Waals surface area contributed by atoms with Crippen LogP contribution in [-0.4, -0.2) is 46.6 Å². The van der Waals surface area contributed by atoms with Gasteiger partial charge in [0.2, 0.25) is 0 Å². The van der Waals surface area contributed by atoms with E-state index in [-0.39, 0.29) is 10.7 Å². The molecule has 0 saturated carbocycles. The maximum absolute atomic E-state index is 11.0. The second-order valence-electron chi connectivity index (χ2n) is 4.55. The highest BCUT2D eigenvalue weighted by Gasteiger charge is 2.43. The van der Waals surface area contributed by atoms with Gasteiger partial charge in [-0.2, -0.15) is 11.8 Å². The van der Waals surface area contributed by atoms with E-state index in [1.165, 1.54) is 0 Å². The molecule has 2 aliphatic rings. The number of hydrogen-bond acceptors (Lipinski definition) is 3. The zero-order chi connectivity index (χ0) is 10.2. The summed E-state index contributed by atoms with van der Waals surface area (Å²) in [7, 11) is 2.12. The third-order valence-electron chi connectivity index (χ3n) is 3.35. The number of nitrogens with zero attached hydrogens (tertiary/aromatic N) is 1. The minimum atomic E-state index is -0.598. The van der Waals surface area contributed by atoms with Crippen LogP contribution in [0.25, 0.3) is 0 Å². The fourth-order valence-corrected chi connectivity index (χ4v) is 4.27. The van der Waals surface area contributed by atoms with Crippen LogP contribution in [-0.2, 0) is 4.79 Å². The van der Waals surface area contributed by atoms with Gasteiger partial charge in [-0.1, -0.05) is 0 Å². The molecule has 1 spiro atoms. The van der Waals surface area contributed by atoms with Crippen molar-refractivity contribution in [3.05, 3.63) is 0 Å². The number of aliphatic carboxylic acids is 1. The van der Waals surface area contributed by atoms with Gasteiger partial charge < -0.3 is 10.0 Å². The molecule has 0 bridgehead atoms. The van der Waals surface area contributed by atoms with Gasteiger partial charge in [0.05, 0.1) is 5.92 Å². The average Bonchev–Trinajstić information content (AvgIpc) is 2.47. The van der Waals surface area contributed by atoms with E-state index in [4.69, 9.17) is 5.11 Å². The van der Waals surface area contributed by atoms with E-state index < -0.39 is 5.97 Å². The van der Waals surface area contributed by atoms with Crippen LogP contribution < -0.4 is 0 Å². The topological polar surface area (TPSA) is 40.5 Å². The van der Waals surface area contributed by atoms with Gasteiger partial charge >= 0.3 is 5.97 Å². The summed E-state index contributed by atoms with van der Waals surface area (Å²) in [5, 5.41) is 9.02. The maximum Gasteiger partial charge on any atom is 0.306 e. The van der Waals surface area contributed by atoms with Crippen LogP contribution in [0.1, 0.15) is 19.3 Å². The molecule has 2 heterocycles. The molecule has 2 aliphatic heterocycles. The molecule has 80 valence electrons. The first-order chi connectivity index (χ1) is 6.61. The van der Waals surface area contributed by atoms with Crippen LogP contribution in [0.4, 0.5) is 0 Å². The first-order valence-corrected chi connectivity index (χ1v) is 6.15. The highest BCUT2D eigenvalue weighted by Crippen LogP contribution is 2.45. The summed E-state index contributed by atoms with van der Waals surface area (Å²) in [6.07, 6.45) is 2.89. The van der Waals surface area contributed by atoms with Crippen LogP contribution in [0.15, 0.2) is 0 Å². The molecule has 0 amide bonds. The summed E-state index contributed by atoms with van der Waals surface area (Å²) < 4.78 is 0.260. The fourth-order valence-electron chi connectivity index (χ4n) is 2.57. The molecule has 0 radical (unpaired) electrons. The Hall–Kier alpha value is -0.220. The minimum absolute atomic E-state index is 0.0947. The molecular weight excluding hydrogens is 198 g/mol. The predicted molar refractivity (Wildman–Crippen MR) is 57.7 cm³/mol. The van der Waals surface area contributed by atoms with Gasteiger partial charge in [-0.3, -0.25) is 4.79 Å². The number of rotatable bonds is 1. The second kappa shape index (κ2) is 3.74. The van der Waals surface area contributed by atoms with E-state index in [0.717, 1.165) is 38.1 Å². The van der Waals surface area contributed by atoms with Crippen LogP contribution in [0.5, 0.6) is 0 Å². The first kappa shape index (κ1) is 10.3. The molecule has 4 heteroatoms. The monoisotopic (exact) mass is 215 g/mol. The normalized spacial score (nSPS) is 39.1. The SMILES string of the molecule is CN1CCC2(CC(C(=O)O)CCS2)C1. The van der Waals surface area contributed by atoms with Crippen LogP contribution >= 0.6 is 11.8 Å². The van der Waals surface area contributed by atoms with E-state index in [9.17, 15) is 4.79 Å². The number of thioether (sulfide) groups is 1. The Kier molecular flexibility index (Phi) is 2.75. The lowest BCUT2D eigenvalue weighted by Crippen LogP contribution is -2.37. The fraction of sp³-hybridized carbons (Fsp3) is 0.900. The molecule has 1 N–H and O–H groups in total. The van der Waals surface area contributed by atoms with Crippen molar-refractivity contribution in [1.82, 2.24) is 4.90 Å². The van der Waals surface area contributed by atoms with Crippen LogP contribution in [0, 0.1) is 5.92 Å². The summed E-state index contributed by atoms with van der Waals surface area (Å²) in [4.78, 5) is 13.3. The standard InChI is InChI=1S/C10H17NO2S/c1-11-4-3-10(7-11)6-8(9(12)13)2-5-14-10/h8H,2-7H2,1H3,(H,12,13). The summed E-state index contributed by atoms with van der Waals surface area (Å²) in [5.74, 6) is 0.326. The largest absolute Gasteiger partial charge is 0.481 e. The highest BCUT2D eigenvalue weighted by atomic mass is 32.2. The quantitative estimate of drug-likeness (QED) is 0.715. The minimum Gasteiger partial charge on any atom is -0.481 e. The summed E-state index contributed by atoms with van der Waals surface area (Å²) >= 11 is 1.99. The van der Waals surface area contributed by atoms with Crippen molar-refractivity contribution in [2.45, 2.75) is 24.0 Å². The number of hydrogen-bond donors (Lipinski definition) is 1. The number of carboxylic acids is 1. The molecule has 2 rings (SSSR count). The second-order valence-corrected chi connectivity index (χ2v) is 6.11. The summed E-state index contributed by atoms with van der Waals surface area (Å²) in [6.45, 7) is 2.20. The first-order valence-electron chi connectivity index (χ1n) is 5.17. The Morgan fingerprint density at radius 1 is 1.64 bits per heavy atom. The molecule has 2 fully saturated rings. The summed E-state index contributed by atoms with van der Waals surface area (Å²) in [5.41, 5.74) is 0. The van der Waals surface area contributed by atoms with Crippen molar-refractivity contribution in [1.29, 1.82) is 0 Å². The Balaban J connectivity index is 2.03. The average molecular weight is 215 g/mol. The lowest BCUT2D eigenvalue weighted by atomic mass is 9.90. The molecule has 2 saturated heterocycles. The molecule has 0 aromatic rings. The number of likely N-dealkylation sites (tertiary alicyclic amines) is 1. The van der Waals surface area contributed by atoms with Gasteiger partial charge in [-0.15, -0.1) is 0 Å². The van der Waals surface area contributed by atoms with Crippen LogP contribution in [0.2, 0.25) is 0 Å². The zero-order valence-corrected chi connectivity index (χ0v) is 9.35.